The number of fused-ring (bicyclic) bond motifs is 1. The van der Waals surface area contributed by atoms with Crippen LogP contribution in [0.4, 0.5) is 14.5 Å². The van der Waals surface area contributed by atoms with E-state index in [2.05, 4.69) is 15.3 Å². The van der Waals surface area contributed by atoms with Crippen LogP contribution >= 0.6 is 0 Å². The van der Waals surface area contributed by atoms with Gasteiger partial charge in [-0.3, -0.25) is 14.8 Å². The van der Waals surface area contributed by atoms with Gasteiger partial charge in [-0.15, -0.1) is 13.1 Å². The minimum absolute atomic E-state index is 0. The molecule has 1 atom stereocenters. The number of aromatic nitrogens is 1. The molecule has 0 aliphatic carbocycles. The topological polar surface area (TPSA) is 135 Å². The Balaban J connectivity index is 0.000000911. The maximum absolute atomic E-state index is 15.3. The average molecular weight is 651 g/mol. The Morgan fingerprint density at radius 2 is 1.90 bits per heavy atom. The van der Waals surface area contributed by atoms with Gasteiger partial charge in [0, 0.05) is 69.4 Å². The van der Waals surface area contributed by atoms with Gasteiger partial charge in [0.15, 0.2) is 7.85 Å². The standard InChI is InChI=1S/C26H23BF2N5O3.C3H8O.Y/c1-31-11-18-16(4-5-22(23(18)30)37-13-14-9-32-10-14)15-7-20(28)19(21(29)8-15)12-34-25(35)17-3-2-6-33-24(17)26(34,27)36;1-3(2)4;/h2-8,11,14,36H,9-10,12-13,30H2,1H3;3-4H,1-2H3;/q-1;;. The fraction of sp³-hybridized carbons (Fsp3) is 0.345. The Hall–Kier alpha value is -2.76. The Labute approximate surface area is 269 Å². The summed E-state index contributed by atoms with van der Waals surface area (Å²) in [6, 6.07) is 8.53. The van der Waals surface area contributed by atoms with Crippen molar-refractivity contribution in [2.75, 3.05) is 32.5 Å². The number of rotatable bonds is 7. The van der Waals surface area contributed by atoms with Gasteiger partial charge < -0.3 is 30.9 Å². The molecule has 4 N–H and O–H groups in total. The zero-order valence-corrected chi connectivity index (χ0v) is 26.4. The third kappa shape index (κ3) is 7.06. The molecule has 1 amide bonds. The van der Waals surface area contributed by atoms with E-state index in [1.54, 1.807) is 33.0 Å². The number of aliphatic hydroxyl groups is 2. The van der Waals surface area contributed by atoms with Gasteiger partial charge in [0.2, 0.25) is 0 Å². The first-order valence-electron chi connectivity index (χ1n) is 13.0. The van der Waals surface area contributed by atoms with Crippen LogP contribution in [0, 0.1) is 17.6 Å². The van der Waals surface area contributed by atoms with Gasteiger partial charge in [-0.05, 0) is 67.3 Å². The molecule has 1 fully saturated rings. The predicted octanol–water partition coefficient (Wildman–Crippen LogP) is 3.35. The second-order valence-corrected chi connectivity index (χ2v) is 10.1. The molecule has 2 aliphatic heterocycles. The molecular formula is C29H31BF2N5O4Y-. The molecule has 1 saturated heterocycles. The summed E-state index contributed by atoms with van der Waals surface area (Å²) in [6.07, 6.45) is 2.70. The number of halogens is 2. The van der Waals surface area contributed by atoms with E-state index in [1.807, 2.05) is 0 Å². The molecule has 9 nitrogen and oxygen atoms in total. The fourth-order valence-electron chi connectivity index (χ4n) is 4.45. The van der Waals surface area contributed by atoms with Crippen molar-refractivity contribution in [1.29, 1.82) is 0 Å². The summed E-state index contributed by atoms with van der Waals surface area (Å²) in [6.45, 7) is 4.81. The van der Waals surface area contributed by atoms with Crippen LogP contribution in [0.25, 0.3) is 16.4 Å². The summed E-state index contributed by atoms with van der Waals surface area (Å²) >= 11 is 0. The molecular weight excluding hydrogens is 620 g/mol. The van der Waals surface area contributed by atoms with Gasteiger partial charge in [0.05, 0.1) is 30.1 Å². The van der Waals surface area contributed by atoms with E-state index in [9.17, 15) is 9.90 Å². The minimum atomic E-state index is -2.31. The monoisotopic (exact) mass is 651 g/mol. The van der Waals surface area contributed by atoms with E-state index in [-0.39, 0.29) is 55.6 Å². The number of carbonyl (C=O) groups excluding carboxylic acids is 1. The second kappa shape index (κ2) is 14.1. The van der Waals surface area contributed by atoms with Crippen molar-refractivity contribution in [3.8, 4) is 16.9 Å². The van der Waals surface area contributed by atoms with E-state index in [0.717, 1.165) is 30.1 Å². The Kier molecular flexibility index (Phi) is 11.4. The zero-order chi connectivity index (χ0) is 29.9. The van der Waals surface area contributed by atoms with E-state index < -0.39 is 35.3 Å². The van der Waals surface area contributed by atoms with Crippen molar-refractivity contribution in [2.24, 2.45) is 10.9 Å². The zero-order valence-electron chi connectivity index (χ0n) is 23.6. The third-order valence-corrected chi connectivity index (χ3v) is 6.57. The number of nitrogens with zero attached hydrogens (tertiary/aromatic N) is 4. The molecule has 0 bridgehead atoms. The smallest absolute Gasteiger partial charge is 0.258 e. The quantitative estimate of drug-likeness (QED) is 0.204. The summed E-state index contributed by atoms with van der Waals surface area (Å²) in [5.74, 6) is -1.73. The molecule has 3 heterocycles. The number of anilines is 1. The molecule has 42 heavy (non-hydrogen) atoms. The first-order chi connectivity index (χ1) is 19.4. The second-order valence-electron chi connectivity index (χ2n) is 10.1. The molecule has 3 radical (unpaired) electrons. The number of hydrogen-bond donors (Lipinski definition) is 3. The number of amides is 1. The van der Waals surface area contributed by atoms with E-state index in [4.69, 9.17) is 23.4 Å². The van der Waals surface area contributed by atoms with Crippen molar-refractivity contribution < 1.29 is 61.2 Å². The van der Waals surface area contributed by atoms with Crippen molar-refractivity contribution in [3.63, 3.8) is 0 Å². The molecule has 2 aliphatic rings. The normalized spacial score (nSPS) is 17.9. The summed E-state index contributed by atoms with van der Waals surface area (Å²) in [5.41, 5.74) is 4.99. The van der Waals surface area contributed by atoms with Gasteiger partial charge in [0.25, 0.3) is 5.91 Å². The van der Waals surface area contributed by atoms with Crippen LogP contribution in [0.15, 0.2) is 47.6 Å². The van der Waals surface area contributed by atoms with Crippen LogP contribution < -0.4 is 10.5 Å². The summed E-state index contributed by atoms with van der Waals surface area (Å²) < 4.78 is 36.4. The van der Waals surface area contributed by atoms with Crippen molar-refractivity contribution in [1.82, 2.24) is 9.88 Å². The van der Waals surface area contributed by atoms with Crippen molar-refractivity contribution >= 4 is 25.7 Å². The van der Waals surface area contributed by atoms with Crippen LogP contribution in [0.3, 0.4) is 0 Å². The number of ether oxygens (including phenoxy) is 1. The summed E-state index contributed by atoms with van der Waals surface area (Å²) in [7, 11) is 7.50. The number of benzene rings is 2. The number of nitrogens with two attached hydrogens (primary N) is 1. The fourth-order valence-corrected chi connectivity index (χ4v) is 4.45. The van der Waals surface area contributed by atoms with Gasteiger partial charge in [0.1, 0.15) is 23.0 Å². The van der Waals surface area contributed by atoms with Gasteiger partial charge in [-0.25, -0.2) is 8.78 Å². The number of aliphatic imine (C=N–C) groups is 1. The average Bonchev–Trinajstić information content (AvgIpc) is 3.07. The van der Waals surface area contributed by atoms with E-state index in [1.165, 1.54) is 24.5 Å². The number of nitrogen functional groups attached to an aromatic ring is 1. The maximum Gasteiger partial charge on any atom is 0.258 e. The number of carbonyl (C=O) groups is 1. The third-order valence-electron chi connectivity index (χ3n) is 6.57. The van der Waals surface area contributed by atoms with Crippen LogP contribution in [-0.4, -0.2) is 72.9 Å². The Morgan fingerprint density at radius 3 is 2.45 bits per heavy atom. The van der Waals surface area contributed by atoms with E-state index in [0.29, 0.717) is 35.1 Å². The molecule has 217 valence electrons. The van der Waals surface area contributed by atoms with Gasteiger partial charge >= 0.3 is 0 Å². The summed E-state index contributed by atoms with van der Waals surface area (Å²) in [5, 5.41) is 23.0. The molecule has 5 rings (SSSR count). The summed E-state index contributed by atoms with van der Waals surface area (Å²) in [4.78, 5) is 21.6. The number of aliphatic hydroxyl groups excluding tert-OH is 1. The largest absolute Gasteiger partial charge is 0.662 e. The van der Waals surface area contributed by atoms with E-state index >= 15 is 8.78 Å². The molecule has 0 spiro atoms. The number of pyridine rings is 1. The van der Waals surface area contributed by atoms with Crippen molar-refractivity contribution in [2.45, 2.75) is 32.1 Å². The molecule has 3 aromatic rings. The Morgan fingerprint density at radius 1 is 1.26 bits per heavy atom. The first kappa shape index (κ1) is 33.7. The van der Waals surface area contributed by atoms with Gasteiger partial charge in [-0.1, -0.05) is 0 Å². The van der Waals surface area contributed by atoms with Crippen LogP contribution in [0.1, 0.15) is 41.0 Å². The number of hydrogen-bond acceptors (Lipinski definition) is 7. The van der Waals surface area contributed by atoms with Crippen LogP contribution in [0.2, 0.25) is 0 Å². The van der Waals surface area contributed by atoms with Gasteiger partial charge in [-0.2, -0.15) is 0 Å². The SMILES string of the molecule is CC(C)O.[B]C1(O)c2ncccc2C(=O)N1Cc1c(F)cc(-c2ccc(OCC3C[N-]C3)c(N)c2C=NC)cc1F.[Y]. The predicted molar refractivity (Wildman–Crippen MR) is 153 cm³/mol. The molecule has 1 aromatic heterocycles. The molecule has 2 aromatic carbocycles. The molecule has 0 saturated carbocycles. The molecule has 13 heteroatoms. The van der Waals surface area contributed by atoms with Crippen molar-refractivity contribution in [3.05, 3.63) is 81.9 Å². The molecule has 1 unspecified atom stereocenters. The maximum atomic E-state index is 15.3. The van der Waals surface area contributed by atoms with Crippen LogP contribution in [-0.2, 0) is 44.9 Å². The van der Waals surface area contributed by atoms with Crippen LogP contribution in [0.5, 0.6) is 5.75 Å². The minimum Gasteiger partial charge on any atom is -0.662 e. The first-order valence-corrected chi connectivity index (χ1v) is 13.0. The Bertz CT molecular complexity index is 1440.